The Morgan fingerprint density at radius 3 is 3.18 bits per heavy atom. The molecule has 11 heavy (non-hydrogen) atoms. The van der Waals surface area contributed by atoms with Gasteiger partial charge in [0, 0.05) is 0 Å². The van der Waals surface area contributed by atoms with Gasteiger partial charge in [0.1, 0.15) is 0 Å². The second-order valence-corrected chi connectivity index (χ2v) is 2.34. The van der Waals surface area contributed by atoms with Crippen LogP contribution >= 0.6 is 0 Å². The first-order valence-electron chi connectivity index (χ1n) is 3.45. The van der Waals surface area contributed by atoms with Crippen LogP contribution in [-0.2, 0) is 0 Å². The van der Waals surface area contributed by atoms with Crippen molar-refractivity contribution in [3.63, 3.8) is 0 Å². The minimum atomic E-state index is 0.621. The van der Waals surface area contributed by atoms with Crippen molar-refractivity contribution in [2.24, 2.45) is 10.3 Å². The highest BCUT2D eigenvalue weighted by molar-refractivity contribution is 5.24. The van der Waals surface area contributed by atoms with Crippen LogP contribution in [0.1, 0.15) is 6.92 Å². The van der Waals surface area contributed by atoms with Gasteiger partial charge in [-0.05, 0) is 13.0 Å². The molecule has 0 saturated heterocycles. The van der Waals surface area contributed by atoms with Crippen molar-refractivity contribution in [2.75, 3.05) is 6.54 Å². The lowest BCUT2D eigenvalue weighted by atomic mass is 10.2. The highest BCUT2D eigenvalue weighted by Crippen LogP contribution is 1.99. The Balaban J connectivity index is 2.74. The minimum Gasteiger partial charge on any atom is -0.261 e. The Morgan fingerprint density at radius 2 is 2.36 bits per heavy atom. The first-order chi connectivity index (χ1) is 5.29. The standard InChI is InChI=1S/C8H11N3/c1-7-3-4-8(2)10-11-9-6-5-7/h3-5H,2,6H2,1H3,(H,9,10)/b4-3-,7-5-. The smallest absolute Gasteiger partial charge is 0.0807 e. The van der Waals surface area contributed by atoms with Gasteiger partial charge in [-0.3, -0.25) is 5.43 Å². The molecule has 0 aliphatic carbocycles. The molecule has 0 unspecified atom stereocenters. The number of hydrogen-bond acceptors (Lipinski definition) is 3. The summed E-state index contributed by atoms with van der Waals surface area (Å²) in [6.07, 6.45) is 5.85. The SMILES string of the molecule is C=C1/C=C\C(C)=C/CN=NN1. The van der Waals surface area contributed by atoms with E-state index in [-0.39, 0.29) is 0 Å². The molecule has 1 heterocycles. The molecular formula is C8H11N3. The zero-order valence-electron chi connectivity index (χ0n) is 6.54. The van der Waals surface area contributed by atoms with E-state index in [0.717, 1.165) is 5.70 Å². The van der Waals surface area contributed by atoms with E-state index >= 15 is 0 Å². The number of rotatable bonds is 0. The molecule has 1 aliphatic rings. The van der Waals surface area contributed by atoms with Crippen molar-refractivity contribution >= 4 is 0 Å². The summed E-state index contributed by atoms with van der Waals surface area (Å²) < 4.78 is 0. The van der Waals surface area contributed by atoms with Crippen molar-refractivity contribution < 1.29 is 0 Å². The highest BCUT2D eigenvalue weighted by atomic mass is 15.4. The Morgan fingerprint density at radius 1 is 1.55 bits per heavy atom. The topological polar surface area (TPSA) is 36.8 Å². The van der Waals surface area contributed by atoms with E-state index in [1.54, 1.807) is 0 Å². The Bertz CT molecular complexity index is 236. The molecule has 0 fully saturated rings. The van der Waals surface area contributed by atoms with Crippen LogP contribution in [0.15, 0.2) is 46.4 Å². The van der Waals surface area contributed by atoms with E-state index < -0.39 is 0 Å². The highest BCUT2D eigenvalue weighted by Gasteiger charge is 1.87. The van der Waals surface area contributed by atoms with Gasteiger partial charge < -0.3 is 0 Å². The van der Waals surface area contributed by atoms with Crippen LogP contribution in [-0.4, -0.2) is 6.54 Å². The lowest BCUT2D eigenvalue weighted by molar-refractivity contribution is 0.806. The second-order valence-electron chi connectivity index (χ2n) is 2.34. The van der Waals surface area contributed by atoms with Crippen molar-refractivity contribution in [3.8, 4) is 0 Å². The summed E-state index contributed by atoms with van der Waals surface area (Å²) in [6.45, 7) is 6.35. The zero-order chi connectivity index (χ0) is 8.10. The average molecular weight is 149 g/mol. The second kappa shape index (κ2) is 3.71. The molecule has 1 aliphatic heterocycles. The summed E-state index contributed by atoms with van der Waals surface area (Å²) in [5.41, 5.74) is 4.62. The van der Waals surface area contributed by atoms with Gasteiger partial charge in [0.25, 0.3) is 0 Å². The summed E-state index contributed by atoms with van der Waals surface area (Å²) in [5, 5.41) is 7.51. The summed E-state index contributed by atoms with van der Waals surface area (Å²) in [5.74, 6) is 0. The maximum atomic E-state index is 3.83. The van der Waals surface area contributed by atoms with Gasteiger partial charge in [0.2, 0.25) is 0 Å². The quantitative estimate of drug-likeness (QED) is 0.561. The molecule has 3 nitrogen and oxygen atoms in total. The third-order valence-electron chi connectivity index (χ3n) is 1.31. The molecule has 0 spiro atoms. The molecule has 1 N–H and O–H groups in total. The molecule has 0 atom stereocenters. The van der Waals surface area contributed by atoms with Crippen LogP contribution in [0.25, 0.3) is 0 Å². The normalized spacial score (nSPS) is 25.5. The predicted octanol–water partition coefficient (Wildman–Crippen LogP) is 1.97. The van der Waals surface area contributed by atoms with Gasteiger partial charge in [-0.1, -0.05) is 29.5 Å². The molecule has 1 rings (SSSR count). The summed E-state index contributed by atoms with van der Waals surface area (Å²) in [4.78, 5) is 0. The monoisotopic (exact) mass is 149 g/mol. The fraction of sp³-hybridized carbons (Fsp3) is 0.250. The van der Waals surface area contributed by atoms with E-state index in [4.69, 9.17) is 0 Å². The Hall–Kier alpha value is -1.38. The van der Waals surface area contributed by atoms with Gasteiger partial charge in [-0.25, -0.2) is 0 Å². The van der Waals surface area contributed by atoms with Crippen molar-refractivity contribution in [3.05, 3.63) is 36.1 Å². The van der Waals surface area contributed by atoms with Crippen molar-refractivity contribution in [1.82, 2.24) is 5.43 Å². The van der Waals surface area contributed by atoms with Crippen LogP contribution in [0.3, 0.4) is 0 Å². The van der Waals surface area contributed by atoms with E-state index in [2.05, 4.69) is 22.3 Å². The summed E-state index contributed by atoms with van der Waals surface area (Å²) in [6, 6.07) is 0. The predicted molar refractivity (Wildman–Crippen MR) is 44.9 cm³/mol. The third kappa shape index (κ3) is 2.80. The van der Waals surface area contributed by atoms with Gasteiger partial charge in [-0.2, -0.15) is 5.11 Å². The third-order valence-corrected chi connectivity index (χ3v) is 1.31. The van der Waals surface area contributed by atoms with Crippen molar-refractivity contribution in [2.45, 2.75) is 6.92 Å². The fourth-order valence-corrected chi connectivity index (χ4v) is 0.663. The average Bonchev–Trinajstić information content (AvgIpc) is 2.06. The largest absolute Gasteiger partial charge is 0.261 e. The Kier molecular flexibility index (Phi) is 2.60. The molecule has 0 amide bonds. The maximum absolute atomic E-state index is 3.83. The number of nitrogens with one attached hydrogen (secondary N) is 1. The minimum absolute atomic E-state index is 0.621. The van der Waals surface area contributed by atoms with Gasteiger partial charge >= 0.3 is 0 Å². The van der Waals surface area contributed by atoms with Crippen LogP contribution in [0.5, 0.6) is 0 Å². The number of nitrogens with zero attached hydrogens (tertiary/aromatic N) is 2. The summed E-state index contributed by atoms with van der Waals surface area (Å²) >= 11 is 0. The lowest BCUT2D eigenvalue weighted by Gasteiger charge is -1.93. The van der Waals surface area contributed by atoms with E-state index in [1.165, 1.54) is 5.57 Å². The lowest BCUT2D eigenvalue weighted by Crippen LogP contribution is -1.99. The van der Waals surface area contributed by atoms with E-state index in [1.807, 2.05) is 25.2 Å². The molecule has 0 bridgehead atoms. The molecule has 0 aromatic heterocycles. The van der Waals surface area contributed by atoms with Gasteiger partial charge in [0.15, 0.2) is 0 Å². The molecule has 0 aromatic carbocycles. The van der Waals surface area contributed by atoms with Crippen LogP contribution < -0.4 is 5.43 Å². The van der Waals surface area contributed by atoms with Crippen LogP contribution in [0.4, 0.5) is 0 Å². The zero-order valence-corrected chi connectivity index (χ0v) is 6.54. The van der Waals surface area contributed by atoms with Gasteiger partial charge in [0.05, 0.1) is 12.2 Å². The molecule has 0 saturated carbocycles. The molecule has 58 valence electrons. The first-order valence-corrected chi connectivity index (χ1v) is 3.45. The number of hydrogen-bond donors (Lipinski definition) is 1. The molecular weight excluding hydrogens is 138 g/mol. The fourth-order valence-electron chi connectivity index (χ4n) is 0.663. The van der Waals surface area contributed by atoms with Crippen LogP contribution in [0, 0.1) is 0 Å². The summed E-state index contributed by atoms with van der Waals surface area (Å²) in [7, 11) is 0. The molecule has 3 heteroatoms. The first kappa shape index (κ1) is 7.72. The van der Waals surface area contributed by atoms with Gasteiger partial charge in [-0.15, -0.1) is 0 Å². The number of allylic oxidation sites excluding steroid dienone is 3. The van der Waals surface area contributed by atoms with Crippen molar-refractivity contribution in [1.29, 1.82) is 0 Å². The Labute approximate surface area is 66.2 Å². The molecule has 0 aromatic rings. The van der Waals surface area contributed by atoms with Crippen LogP contribution in [0.2, 0.25) is 0 Å². The molecule has 0 radical (unpaired) electrons. The van der Waals surface area contributed by atoms with E-state index in [0.29, 0.717) is 6.54 Å². The van der Waals surface area contributed by atoms with E-state index in [9.17, 15) is 0 Å². The maximum Gasteiger partial charge on any atom is 0.0807 e.